The quantitative estimate of drug-likeness (QED) is 0.493. The Bertz CT molecular complexity index is 645. The zero-order valence-electron chi connectivity index (χ0n) is 13.0. The Morgan fingerprint density at radius 3 is 2.67 bits per heavy atom. The molecule has 1 amide bonds. The van der Waals surface area contributed by atoms with Crippen LogP contribution in [0.5, 0.6) is 0 Å². The molecule has 0 saturated carbocycles. The molecule has 8 nitrogen and oxygen atoms in total. The molecule has 1 saturated heterocycles. The molecule has 1 heterocycles. The summed E-state index contributed by atoms with van der Waals surface area (Å²) in [6, 6.07) is 3.68. The smallest absolute Gasteiger partial charge is 0.309 e. The number of benzene rings is 1. The SMILES string of the molecule is CC(OC(=O)C1CCOCC1)C(=O)Nc1ccc([N+](=O)[O-])cc1Cl. The molecule has 2 rings (SSSR count). The molecule has 1 aromatic rings. The van der Waals surface area contributed by atoms with Gasteiger partial charge in [-0.2, -0.15) is 0 Å². The van der Waals surface area contributed by atoms with Crippen LogP contribution in [-0.4, -0.2) is 36.1 Å². The van der Waals surface area contributed by atoms with Gasteiger partial charge in [0.1, 0.15) is 0 Å². The van der Waals surface area contributed by atoms with Crippen molar-refractivity contribution in [2.75, 3.05) is 18.5 Å². The highest BCUT2D eigenvalue weighted by Crippen LogP contribution is 2.27. The normalized spacial score (nSPS) is 16.2. The van der Waals surface area contributed by atoms with Crippen molar-refractivity contribution in [3.05, 3.63) is 33.3 Å². The number of nitro groups is 1. The highest BCUT2D eigenvalue weighted by Gasteiger charge is 2.27. The second-order valence-corrected chi connectivity index (χ2v) is 5.78. The maximum atomic E-state index is 12.1. The van der Waals surface area contributed by atoms with Crippen LogP contribution in [0.3, 0.4) is 0 Å². The molecule has 0 aliphatic carbocycles. The number of hydrogen-bond acceptors (Lipinski definition) is 6. The van der Waals surface area contributed by atoms with E-state index in [9.17, 15) is 19.7 Å². The molecule has 0 bridgehead atoms. The van der Waals surface area contributed by atoms with E-state index >= 15 is 0 Å². The minimum absolute atomic E-state index is 0.0282. The third kappa shape index (κ3) is 4.65. The van der Waals surface area contributed by atoms with Crippen LogP contribution in [0.4, 0.5) is 11.4 Å². The third-order valence-corrected chi connectivity index (χ3v) is 3.95. The minimum atomic E-state index is -1.01. The van der Waals surface area contributed by atoms with Crippen molar-refractivity contribution in [2.45, 2.75) is 25.9 Å². The number of rotatable bonds is 5. The molecule has 1 atom stereocenters. The molecule has 0 radical (unpaired) electrons. The summed E-state index contributed by atoms with van der Waals surface area (Å²) < 4.78 is 10.3. The van der Waals surface area contributed by atoms with Gasteiger partial charge in [0.25, 0.3) is 11.6 Å². The summed E-state index contributed by atoms with van der Waals surface area (Å²) in [5.74, 6) is -1.26. The first kappa shape index (κ1) is 18.2. The van der Waals surface area contributed by atoms with Crippen LogP contribution in [0.15, 0.2) is 18.2 Å². The summed E-state index contributed by atoms with van der Waals surface area (Å²) in [4.78, 5) is 34.2. The van der Waals surface area contributed by atoms with Crippen molar-refractivity contribution >= 4 is 34.9 Å². The van der Waals surface area contributed by atoms with Crippen LogP contribution in [0, 0.1) is 16.0 Å². The highest BCUT2D eigenvalue weighted by molar-refractivity contribution is 6.34. The van der Waals surface area contributed by atoms with Crippen molar-refractivity contribution in [3.63, 3.8) is 0 Å². The number of hydrogen-bond donors (Lipinski definition) is 1. The van der Waals surface area contributed by atoms with E-state index in [1.165, 1.54) is 19.1 Å². The Balaban J connectivity index is 1.93. The number of esters is 1. The Morgan fingerprint density at radius 1 is 1.42 bits per heavy atom. The number of carbonyl (C=O) groups excluding carboxylic acids is 2. The molecule has 9 heteroatoms. The van der Waals surface area contributed by atoms with Gasteiger partial charge < -0.3 is 14.8 Å². The van der Waals surface area contributed by atoms with Gasteiger partial charge in [-0.1, -0.05) is 11.6 Å². The third-order valence-electron chi connectivity index (χ3n) is 3.64. The number of anilines is 1. The molecule has 1 aliphatic heterocycles. The Hall–Kier alpha value is -2.19. The van der Waals surface area contributed by atoms with E-state index in [1.807, 2.05) is 0 Å². The average Bonchev–Trinajstić information content (AvgIpc) is 2.57. The van der Waals surface area contributed by atoms with Gasteiger partial charge in [0, 0.05) is 25.3 Å². The van der Waals surface area contributed by atoms with Gasteiger partial charge in [-0.3, -0.25) is 19.7 Å². The van der Waals surface area contributed by atoms with Crippen molar-refractivity contribution < 1.29 is 24.0 Å². The Labute approximate surface area is 143 Å². The summed E-state index contributed by atoms with van der Waals surface area (Å²) in [6.07, 6.45) is 0.134. The zero-order valence-corrected chi connectivity index (χ0v) is 13.7. The van der Waals surface area contributed by atoms with Crippen LogP contribution in [-0.2, 0) is 19.1 Å². The lowest BCUT2D eigenvalue weighted by Gasteiger charge is -2.22. The number of nitro benzene ring substituents is 1. The van der Waals surface area contributed by atoms with Crippen LogP contribution >= 0.6 is 11.6 Å². The lowest BCUT2D eigenvalue weighted by Crippen LogP contribution is -2.34. The lowest BCUT2D eigenvalue weighted by molar-refractivity contribution is -0.384. The van der Waals surface area contributed by atoms with E-state index in [0.29, 0.717) is 26.1 Å². The van der Waals surface area contributed by atoms with Gasteiger partial charge in [-0.15, -0.1) is 0 Å². The highest BCUT2D eigenvalue weighted by atomic mass is 35.5. The molecule has 1 fully saturated rings. The number of non-ortho nitro benzene ring substituents is 1. The number of halogens is 1. The zero-order chi connectivity index (χ0) is 17.7. The van der Waals surface area contributed by atoms with E-state index in [-0.39, 0.29) is 22.3 Å². The Kier molecular flexibility index (Phi) is 6.10. The molecule has 130 valence electrons. The number of carbonyl (C=O) groups is 2. The average molecular weight is 357 g/mol. The first-order chi connectivity index (χ1) is 11.4. The van der Waals surface area contributed by atoms with Gasteiger partial charge in [-0.25, -0.2) is 0 Å². The van der Waals surface area contributed by atoms with E-state index in [1.54, 1.807) is 0 Å². The molecule has 1 aromatic carbocycles. The number of ether oxygens (including phenoxy) is 2. The van der Waals surface area contributed by atoms with Crippen LogP contribution < -0.4 is 5.32 Å². The van der Waals surface area contributed by atoms with Crippen molar-refractivity contribution in [1.82, 2.24) is 0 Å². The van der Waals surface area contributed by atoms with E-state index < -0.39 is 22.9 Å². The first-order valence-electron chi connectivity index (χ1n) is 7.41. The fourth-order valence-electron chi connectivity index (χ4n) is 2.21. The fraction of sp³-hybridized carbons (Fsp3) is 0.467. The van der Waals surface area contributed by atoms with Gasteiger partial charge in [-0.05, 0) is 25.8 Å². The Morgan fingerprint density at radius 2 is 2.08 bits per heavy atom. The van der Waals surface area contributed by atoms with E-state index in [4.69, 9.17) is 21.1 Å². The van der Waals surface area contributed by atoms with Gasteiger partial charge >= 0.3 is 5.97 Å². The number of nitrogens with one attached hydrogen (secondary N) is 1. The van der Waals surface area contributed by atoms with Gasteiger partial charge in [0.05, 0.1) is 21.6 Å². The van der Waals surface area contributed by atoms with E-state index in [2.05, 4.69) is 5.32 Å². The molecule has 1 unspecified atom stereocenters. The largest absolute Gasteiger partial charge is 0.452 e. The molecule has 24 heavy (non-hydrogen) atoms. The predicted octanol–water partition coefficient (Wildman–Crippen LogP) is 2.54. The monoisotopic (exact) mass is 356 g/mol. The minimum Gasteiger partial charge on any atom is -0.452 e. The standard InChI is InChI=1S/C15H17ClN2O6/c1-9(24-15(20)10-4-6-23-7-5-10)14(19)17-13-3-2-11(18(21)22)8-12(13)16/h2-3,8-10H,4-7H2,1H3,(H,17,19). The summed E-state index contributed by atoms with van der Waals surface area (Å²) in [7, 11) is 0. The maximum Gasteiger partial charge on any atom is 0.309 e. The summed E-state index contributed by atoms with van der Waals surface area (Å²) in [5.41, 5.74) is 0.0261. The summed E-state index contributed by atoms with van der Waals surface area (Å²) >= 11 is 5.91. The summed E-state index contributed by atoms with van der Waals surface area (Å²) in [5, 5.41) is 13.2. The summed E-state index contributed by atoms with van der Waals surface area (Å²) in [6.45, 7) is 2.45. The van der Waals surface area contributed by atoms with Crippen LogP contribution in [0.25, 0.3) is 0 Å². The molecule has 1 aliphatic rings. The number of amides is 1. The maximum absolute atomic E-state index is 12.1. The second-order valence-electron chi connectivity index (χ2n) is 5.38. The fourth-order valence-corrected chi connectivity index (χ4v) is 2.43. The van der Waals surface area contributed by atoms with Gasteiger partial charge in [0.2, 0.25) is 0 Å². The lowest BCUT2D eigenvalue weighted by atomic mass is 10.0. The predicted molar refractivity (Wildman–Crippen MR) is 85.8 cm³/mol. The van der Waals surface area contributed by atoms with E-state index in [0.717, 1.165) is 6.07 Å². The topological polar surface area (TPSA) is 108 Å². The molecule has 1 N–H and O–H groups in total. The number of nitrogens with zero attached hydrogens (tertiary/aromatic N) is 1. The van der Waals surface area contributed by atoms with Crippen LogP contribution in [0.2, 0.25) is 5.02 Å². The van der Waals surface area contributed by atoms with Crippen molar-refractivity contribution in [3.8, 4) is 0 Å². The first-order valence-corrected chi connectivity index (χ1v) is 7.79. The van der Waals surface area contributed by atoms with Crippen molar-refractivity contribution in [1.29, 1.82) is 0 Å². The van der Waals surface area contributed by atoms with Crippen molar-refractivity contribution in [2.24, 2.45) is 5.92 Å². The molecule has 0 aromatic heterocycles. The molecular formula is C15H17ClN2O6. The van der Waals surface area contributed by atoms with Gasteiger partial charge in [0.15, 0.2) is 6.10 Å². The molecular weight excluding hydrogens is 340 g/mol. The van der Waals surface area contributed by atoms with Crippen LogP contribution in [0.1, 0.15) is 19.8 Å². The molecule has 0 spiro atoms. The second kappa shape index (κ2) is 8.07.